The van der Waals surface area contributed by atoms with Crippen LogP contribution in [0.1, 0.15) is 57.6 Å². The Morgan fingerprint density at radius 1 is 1.10 bits per heavy atom. The lowest BCUT2D eigenvalue weighted by molar-refractivity contribution is -0.757. The third-order valence-corrected chi connectivity index (χ3v) is 5.66. The van der Waals surface area contributed by atoms with Gasteiger partial charge in [0, 0.05) is 12.0 Å². The number of unbranched alkanes of at least 4 members (excludes halogenated alkanes) is 2. The molecule has 1 aromatic carbocycles. The Hall–Kier alpha value is -2.94. The van der Waals surface area contributed by atoms with Gasteiger partial charge in [-0.25, -0.2) is 0 Å². The molecule has 2 aromatic rings. The van der Waals surface area contributed by atoms with Crippen LogP contribution in [0.5, 0.6) is 5.75 Å². The van der Waals surface area contributed by atoms with Crippen molar-refractivity contribution in [3.05, 3.63) is 54.8 Å². The molecule has 0 saturated heterocycles. The van der Waals surface area contributed by atoms with Crippen LogP contribution < -0.4 is 10.1 Å². The number of benzene rings is 1. The van der Waals surface area contributed by atoms with E-state index in [0.29, 0.717) is 41.1 Å². The SMILES string of the molecule is Cc1ccsc1C(=O)Nc1c(C)cc(C)c(OC(=O)CCCCCO[N+](=O)[O-])c1C. The molecule has 0 bridgehead atoms. The quantitative estimate of drug-likeness (QED) is 0.187. The first kappa shape index (κ1) is 23.3. The van der Waals surface area contributed by atoms with E-state index in [1.807, 2.05) is 45.2 Å². The van der Waals surface area contributed by atoms with Gasteiger partial charge in [-0.05, 0) is 68.7 Å². The number of rotatable bonds is 10. The lowest BCUT2D eigenvalue weighted by atomic mass is 10.0. The molecule has 1 amide bonds. The standard InChI is InChI=1S/C21H26N2O6S/c1-13-9-11-30-20(13)21(25)22-18-14(2)12-15(3)19(16(18)4)29-17(24)8-6-5-7-10-28-23(26)27/h9,11-12H,5-8,10H2,1-4H3,(H,22,25). The molecule has 1 N–H and O–H groups in total. The number of hydrogen-bond donors (Lipinski definition) is 1. The van der Waals surface area contributed by atoms with E-state index in [9.17, 15) is 19.7 Å². The molecule has 0 saturated carbocycles. The Balaban J connectivity index is 2.02. The maximum Gasteiger partial charge on any atom is 0.311 e. The van der Waals surface area contributed by atoms with E-state index >= 15 is 0 Å². The maximum atomic E-state index is 12.6. The lowest BCUT2D eigenvalue weighted by Gasteiger charge is -2.17. The van der Waals surface area contributed by atoms with Crippen LogP contribution in [0.4, 0.5) is 5.69 Å². The molecule has 2 rings (SSSR count). The largest absolute Gasteiger partial charge is 0.426 e. The van der Waals surface area contributed by atoms with E-state index in [0.717, 1.165) is 16.7 Å². The normalized spacial score (nSPS) is 10.5. The van der Waals surface area contributed by atoms with Crippen molar-refractivity contribution >= 4 is 28.9 Å². The van der Waals surface area contributed by atoms with Gasteiger partial charge in [0.2, 0.25) is 0 Å². The third kappa shape index (κ3) is 6.28. The Morgan fingerprint density at radius 2 is 1.83 bits per heavy atom. The highest BCUT2D eigenvalue weighted by molar-refractivity contribution is 7.12. The Kier molecular flexibility index (Phi) is 8.35. The summed E-state index contributed by atoms with van der Waals surface area (Å²) in [5, 5.41) is 14.1. The van der Waals surface area contributed by atoms with E-state index in [2.05, 4.69) is 10.2 Å². The van der Waals surface area contributed by atoms with Crippen LogP contribution in [0.3, 0.4) is 0 Å². The highest BCUT2D eigenvalue weighted by atomic mass is 32.1. The minimum absolute atomic E-state index is 0.0188. The number of aryl methyl sites for hydroxylation is 3. The maximum absolute atomic E-state index is 12.6. The minimum Gasteiger partial charge on any atom is -0.426 e. The smallest absolute Gasteiger partial charge is 0.311 e. The van der Waals surface area contributed by atoms with Crippen molar-refractivity contribution in [3.63, 3.8) is 0 Å². The number of anilines is 1. The second-order valence-corrected chi connectivity index (χ2v) is 7.98. The van der Waals surface area contributed by atoms with Crippen molar-refractivity contribution in [2.75, 3.05) is 11.9 Å². The van der Waals surface area contributed by atoms with Gasteiger partial charge < -0.3 is 14.9 Å². The fraction of sp³-hybridized carbons (Fsp3) is 0.429. The van der Waals surface area contributed by atoms with Gasteiger partial charge in [0.15, 0.2) is 0 Å². The Bertz CT molecular complexity index is 938. The monoisotopic (exact) mass is 434 g/mol. The van der Waals surface area contributed by atoms with Gasteiger partial charge in [0.25, 0.3) is 11.0 Å². The molecule has 0 atom stereocenters. The molecule has 8 nitrogen and oxygen atoms in total. The highest BCUT2D eigenvalue weighted by Gasteiger charge is 2.19. The molecule has 0 aliphatic rings. The summed E-state index contributed by atoms with van der Waals surface area (Å²) >= 11 is 1.38. The van der Waals surface area contributed by atoms with Gasteiger partial charge in [-0.2, -0.15) is 0 Å². The van der Waals surface area contributed by atoms with Crippen molar-refractivity contribution in [1.82, 2.24) is 0 Å². The predicted octanol–water partition coefficient (Wildman–Crippen LogP) is 4.91. The average molecular weight is 435 g/mol. The molecular weight excluding hydrogens is 408 g/mol. The number of amides is 1. The van der Waals surface area contributed by atoms with Gasteiger partial charge in [-0.1, -0.05) is 12.5 Å². The number of thiophene rings is 1. The second kappa shape index (κ2) is 10.7. The van der Waals surface area contributed by atoms with Gasteiger partial charge in [0.1, 0.15) is 5.75 Å². The number of carbonyl (C=O) groups excluding carboxylic acids is 2. The highest BCUT2D eigenvalue weighted by Crippen LogP contribution is 2.34. The molecule has 0 unspecified atom stereocenters. The minimum atomic E-state index is -0.826. The Morgan fingerprint density at radius 3 is 2.47 bits per heavy atom. The fourth-order valence-electron chi connectivity index (χ4n) is 3.14. The topological polar surface area (TPSA) is 108 Å². The molecular formula is C21H26N2O6S. The lowest BCUT2D eigenvalue weighted by Crippen LogP contribution is -2.15. The van der Waals surface area contributed by atoms with Crippen LogP contribution in [0.15, 0.2) is 17.5 Å². The van der Waals surface area contributed by atoms with E-state index in [1.54, 1.807) is 0 Å². The van der Waals surface area contributed by atoms with Crippen molar-refractivity contribution in [2.45, 2.75) is 53.4 Å². The van der Waals surface area contributed by atoms with E-state index < -0.39 is 5.09 Å². The van der Waals surface area contributed by atoms with Crippen LogP contribution in [0.2, 0.25) is 0 Å². The van der Waals surface area contributed by atoms with Gasteiger partial charge >= 0.3 is 5.97 Å². The number of nitrogens with zero attached hydrogens (tertiary/aromatic N) is 1. The zero-order valence-electron chi connectivity index (χ0n) is 17.6. The number of carbonyl (C=O) groups is 2. The van der Waals surface area contributed by atoms with Crippen molar-refractivity contribution in [2.24, 2.45) is 0 Å². The van der Waals surface area contributed by atoms with Gasteiger partial charge in [-0.3, -0.25) is 9.59 Å². The van der Waals surface area contributed by atoms with Gasteiger partial charge in [-0.15, -0.1) is 21.5 Å². The number of ether oxygens (including phenoxy) is 1. The summed E-state index contributed by atoms with van der Waals surface area (Å²) < 4.78 is 5.59. The summed E-state index contributed by atoms with van der Waals surface area (Å²) in [6.07, 6.45) is 1.86. The zero-order valence-corrected chi connectivity index (χ0v) is 18.4. The van der Waals surface area contributed by atoms with Crippen LogP contribution in [0.25, 0.3) is 0 Å². The first-order valence-electron chi connectivity index (χ1n) is 9.65. The molecule has 0 aliphatic carbocycles. The summed E-state index contributed by atoms with van der Waals surface area (Å²) in [6, 6.07) is 3.77. The number of hydrogen-bond acceptors (Lipinski definition) is 7. The molecule has 1 aromatic heterocycles. The van der Waals surface area contributed by atoms with Crippen LogP contribution in [-0.4, -0.2) is 23.6 Å². The van der Waals surface area contributed by atoms with Crippen LogP contribution in [0, 0.1) is 37.8 Å². The molecule has 1 heterocycles. The first-order valence-corrected chi connectivity index (χ1v) is 10.5. The molecule has 30 heavy (non-hydrogen) atoms. The molecule has 0 radical (unpaired) electrons. The molecule has 0 fully saturated rings. The summed E-state index contributed by atoms with van der Waals surface area (Å²) in [4.78, 5) is 39.9. The molecule has 0 spiro atoms. The summed E-state index contributed by atoms with van der Waals surface area (Å²) in [6.45, 7) is 7.47. The second-order valence-electron chi connectivity index (χ2n) is 7.07. The molecule has 0 aliphatic heterocycles. The van der Waals surface area contributed by atoms with E-state index in [1.165, 1.54) is 11.3 Å². The van der Waals surface area contributed by atoms with Crippen molar-refractivity contribution < 1.29 is 24.3 Å². The summed E-state index contributed by atoms with van der Waals surface area (Å²) in [5.74, 6) is -0.126. The Labute approximate surface area is 179 Å². The van der Waals surface area contributed by atoms with Crippen LogP contribution >= 0.6 is 11.3 Å². The molecule has 9 heteroatoms. The van der Waals surface area contributed by atoms with Gasteiger partial charge in [0.05, 0.1) is 17.2 Å². The van der Waals surface area contributed by atoms with E-state index in [-0.39, 0.29) is 24.9 Å². The first-order chi connectivity index (χ1) is 14.2. The summed E-state index contributed by atoms with van der Waals surface area (Å²) in [5.41, 5.74) is 3.94. The van der Waals surface area contributed by atoms with Crippen molar-refractivity contribution in [1.29, 1.82) is 0 Å². The van der Waals surface area contributed by atoms with Crippen molar-refractivity contribution in [3.8, 4) is 5.75 Å². The average Bonchev–Trinajstić information content (AvgIpc) is 3.10. The number of nitrogens with one attached hydrogen (secondary N) is 1. The summed E-state index contributed by atoms with van der Waals surface area (Å²) in [7, 11) is 0. The van der Waals surface area contributed by atoms with E-state index in [4.69, 9.17) is 4.74 Å². The third-order valence-electron chi connectivity index (χ3n) is 4.65. The predicted molar refractivity (Wildman–Crippen MR) is 115 cm³/mol. The molecule has 162 valence electrons. The van der Waals surface area contributed by atoms with Crippen LogP contribution in [-0.2, 0) is 9.63 Å². The fourth-order valence-corrected chi connectivity index (χ4v) is 3.96. The number of esters is 1. The zero-order chi connectivity index (χ0) is 22.3.